The second-order valence-electron chi connectivity index (χ2n) is 5.54. The maximum atomic E-state index is 11.6. The number of carbonyl (C=O) groups is 1. The molecule has 0 atom stereocenters. The number of aliphatic hydroxyl groups is 1. The molecule has 21 heavy (non-hydrogen) atoms. The first-order valence-corrected chi connectivity index (χ1v) is 7.53. The molecule has 0 radical (unpaired) electrons. The van der Waals surface area contributed by atoms with Crippen molar-refractivity contribution in [1.29, 1.82) is 0 Å². The third-order valence-corrected chi connectivity index (χ3v) is 4.42. The Morgan fingerprint density at radius 2 is 2.14 bits per heavy atom. The minimum atomic E-state index is -0.293. The van der Waals surface area contributed by atoms with Crippen molar-refractivity contribution in [3.05, 3.63) is 24.3 Å². The van der Waals surface area contributed by atoms with Gasteiger partial charge in [0.05, 0.1) is 13.2 Å². The Bertz CT molecular complexity index is 478. The molecule has 0 spiro atoms. The first kappa shape index (κ1) is 15.6. The summed E-state index contributed by atoms with van der Waals surface area (Å²) in [6, 6.07) is 7.73. The number of nitrogens with one attached hydrogen (secondary N) is 1. The third-order valence-electron chi connectivity index (χ3n) is 4.42. The fraction of sp³-hybridized carbons (Fsp3) is 0.562. The van der Waals surface area contributed by atoms with Crippen LogP contribution in [0.25, 0.3) is 0 Å². The largest absolute Gasteiger partial charge is 0.447 e. The van der Waals surface area contributed by atoms with Crippen molar-refractivity contribution in [2.45, 2.75) is 26.7 Å². The van der Waals surface area contributed by atoms with Crippen molar-refractivity contribution < 1.29 is 14.6 Å². The van der Waals surface area contributed by atoms with Gasteiger partial charge in [-0.15, -0.1) is 0 Å². The fourth-order valence-electron chi connectivity index (χ4n) is 2.48. The molecule has 2 N–H and O–H groups in total. The molecular formula is C16H24N2O3. The van der Waals surface area contributed by atoms with Crippen LogP contribution in [-0.4, -0.2) is 37.5 Å². The molecule has 5 nitrogen and oxygen atoms in total. The number of anilines is 2. The van der Waals surface area contributed by atoms with Crippen molar-refractivity contribution in [3.63, 3.8) is 0 Å². The van der Waals surface area contributed by atoms with Crippen LogP contribution in [0.15, 0.2) is 24.3 Å². The standard InChI is InChI=1S/C16H24N2O3/c1-3-16(4-2,12-19)11-17-13-6-5-7-14(10-13)18-8-9-21-15(18)20/h5-7,10,17,19H,3-4,8-9,11-12H2,1-2H3. The second kappa shape index (κ2) is 6.80. The van der Waals surface area contributed by atoms with E-state index in [4.69, 9.17) is 4.74 Å². The van der Waals surface area contributed by atoms with Crippen molar-refractivity contribution in [2.75, 3.05) is 36.5 Å². The van der Waals surface area contributed by atoms with E-state index in [-0.39, 0.29) is 18.1 Å². The molecule has 116 valence electrons. The zero-order valence-electron chi connectivity index (χ0n) is 12.8. The van der Waals surface area contributed by atoms with Gasteiger partial charge in [-0.05, 0) is 31.0 Å². The van der Waals surface area contributed by atoms with Gasteiger partial charge in [-0.3, -0.25) is 4.90 Å². The lowest BCUT2D eigenvalue weighted by atomic mass is 9.83. The van der Waals surface area contributed by atoms with Gasteiger partial charge in [0.25, 0.3) is 0 Å². The van der Waals surface area contributed by atoms with Gasteiger partial charge in [-0.1, -0.05) is 19.9 Å². The summed E-state index contributed by atoms with van der Waals surface area (Å²) in [7, 11) is 0. The van der Waals surface area contributed by atoms with Crippen LogP contribution < -0.4 is 10.2 Å². The van der Waals surface area contributed by atoms with E-state index < -0.39 is 0 Å². The quantitative estimate of drug-likeness (QED) is 0.811. The number of ether oxygens (including phenoxy) is 1. The van der Waals surface area contributed by atoms with Gasteiger partial charge in [0.15, 0.2) is 0 Å². The highest BCUT2D eigenvalue weighted by Gasteiger charge is 2.26. The molecule has 0 saturated carbocycles. The third kappa shape index (κ3) is 3.47. The Morgan fingerprint density at radius 1 is 1.38 bits per heavy atom. The Hall–Kier alpha value is -1.75. The maximum absolute atomic E-state index is 11.6. The summed E-state index contributed by atoms with van der Waals surface area (Å²) in [5.74, 6) is 0. The summed E-state index contributed by atoms with van der Waals surface area (Å²) in [6.45, 7) is 6.11. The van der Waals surface area contributed by atoms with E-state index in [0.717, 1.165) is 24.2 Å². The van der Waals surface area contributed by atoms with Crippen LogP contribution in [0, 0.1) is 5.41 Å². The Balaban J connectivity index is 2.06. The molecule has 1 saturated heterocycles. The Kier molecular flexibility index (Phi) is 5.07. The molecule has 1 fully saturated rings. The monoisotopic (exact) mass is 292 g/mol. The summed E-state index contributed by atoms with van der Waals surface area (Å²) < 4.78 is 4.96. The van der Waals surface area contributed by atoms with Crippen LogP contribution in [-0.2, 0) is 4.74 Å². The van der Waals surface area contributed by atoms with Crippen molar-refractivity contribution in [1.82, 2.24) is 0 Å². The van der Waals surface area contributed by atoms with Gasteiger partial charge < -0.3 is 15.2 Å². The van der Waals surface area contributed by atoms with E-state index >= 15 is 0 Å². The molecule has 2 rings (SSSR count). The van der Waals surface area contributed by atoms with Crippen LogP contribution in [0.5, 0.6) is 0 Å². The number of carbonyl (C=O) groups excluding carboxylic acids is 1. The van der Waals surface area contributed by atoms with Crippen molar-refractivity contribution in [2.24, 2.45) is 5.41 Å². The molecule has 0 unspecified atom stereocenters. The van der Waals surface area contributed by atoms with E-state index in [1.807, 2.05) is 24.3 Å². The summed E-state index contributed by atoms with van der Waals surface area (Å²) in [4.78, 5) is 13.2. The van der Waals surface area contributed by atoms with Crippen LogP contribution in [0.3, 0.4) is 0 Å². The maximum Gasteiger partial charge on any atom is 0.414 e. The minimum absolute atomic E-state index is 0.0947. The Labute approximate surface area is 125 Å². The van der Waals surface area contributed by atoms with Crippen LogP contribution in [0.2, 0.25) is 0 Å². The lowest BCUT2D eigenvalue weighted by Crippen LogP contribution is -2.32. The molecule has 1 heterocycles. The number of hydrogen-bond acceptors (Lipinski definition) is 4. The Morgan fingerprint density at radius 3 is 2.71 bits per heavy atom. The lowest BCUT2D eigenvalue weighted by Gasteiger charge is -2.30. The van der Waals surface area contributed by atoms with Crippen LogP contribution in [0.1, 0.15) is 26.7 Å². The van der Waals surface area contributed by atoms with E-state index in [1.165, 1.54) is 0 Å². The predicted octanol–water partition coefficient (Wildman–Crippen LogP) is 2.85. The van der Waals surface area contributed by atoms with Crippen molar-refractivity contribution in [3.8, 4) is 0 Å². The van der Waals surface area contributed by atoms with Gasteiger partial charge in [0, 0.05) is 23.3 Å². The zero-order valence-corrected chi connectivity index (χ0v) is 12.8. The first-order valence-electron chi connectivity index (χ1n) is 7.53. The number of benzene rings is 1. The molecule has 0 aliphatic carbocycles. The topological polar surface area (TPSA) is 61.8 Å². The number of cyclic esters (lactones) is 1. The average Bonchev–Trinajstić information content (AvgIpc) is 2.96. The van der Waals surface area contributed by atoms with Gasteiger partial charge in [0.2, 0.25) is 0 Å². The lowest BCUT2D eigenvalue weighted by molar-refractivity contribution is 0.127. The number of amides is 1. The minimum Gasteiger partial charge on any atom is -0.447 e. The first-order chi connectivity index (χ1) is 10.1. The molecule has 1 aliphatic heterocycles. The number of rotatable bonds is 7. The highest BCUT2D eigenvalue weighted by Crippen LogP contribution is 2.27. The van der Waals surface area contributed by atoms with Gasteiger partial charge in [-0.2, -0.15) is 0 Å². The highest BCUT2D eigenvalue weighted by atomic mass is 16.6. The van der Waals surface area contributed by atoms with E-state index in [9.17, 15) is 9.90 Å². The van der Waals surface area contributed by atoms with Gasteiger partial charge in [-0.25, -0.2) is 4.79 Å². The fourth-order valence-corrected chi connectivity index (χ4v) is 2.48. The molecule has 0 bridgehead atoms. The molecule has 1 aromatic carbocycles. The summed E-state index contributed by atoms with van der Waals surface area (Å²) in [6.07, 6.45) is 1.55. The normalized spacial score (nSPS) is 15.2. The van der Waals surface area contributed by atoms with Gasteiger partial charge >= 0.3 is 6.09 Å². The predicted molar refractivity (Wildman–Crippen MR) is 83.7 cm³/mol. The number of nitrogens with zero attached hydrogens (tertiary/aromatic N) is 1. The van der Waals surface area contributed by atoms with Crippen molar-refractivity contribution >= 4 is 17.5 Å². The van der Waals surface area contributed by atoms with Gasteiger partial charge in [0.1, 0.15) is 6.61 Å². The van der Waals surface area contributed by atoms with E-state index in [2.05, 4.69) is 19.2 Å². The second-order valence-corrected chi connectivity index (χ2v) is 5.54. The number of hydrogen-bond donors (Lipinski definition) is 2. The molecule has 1 amide bonds. The number of aliphatic hydroxyl groups excluding tert-OH is 1. The molecular weight excluding hydrogens is 268 g/mol. The van der Waals surface area contributed by atoms with E-state index in [0.29, 0.717) is 19.7 Å². The summed E-state index contributed by atoms with van der Waals surface area (Å²) >= 11 is 0. The average molecular weight is 292 g/mol. The summed E-state index contributed by atoms with van der Waals surface area (Å²) in [5, 5.41) is 13.0. The molecule has 0 aromatic heterocycles. The smallest absolute Gasteiger partial charge is 0.414 e. The molecule has 1 aliphatic rings. The van der Waals surface area contributed by atoms with Crippen LogP contribution >= 0.6 is 0 Å². The SMILES string of the molecule is CCC(CC)(CO)CNc1cccc(N2CCOC2=O)c1. The van der Waals surface area contributed by atoms with E-state index in [1.54, 1.807) is 4.90 Å². The van der Waals surface area contributed by atoms with Crippen LogP contribution in [0.4, 0.5) is 16.2 Å². The zero-order chi connectivity index (χ0) is 15.3. The summed E-state index contributed by atoms with van der Waals surface area (Å²) in [5.41, 5.74) is 1.69. The molecule has 1 aromatic rings. The highest BCUT2D eigenvalue weighted by molar-refractivity contribution is 5.89. The molecule has 5 heteroatoms.